The molecule has 2 heterocycles. The van der Waals surface area contributed by atoms with Crippen molar-refractivity contribution in [3.63, 3.8) is 0 Å². The van der Waals surface area contributed by atoms with E-state index in [9.17, 15) is 9.59 Å². The van der Waals surface area contributed by atoms with Crippen LogP contribution in [0.5, 0.6) is 0 Å². The highest BCUT2D eigenvalue weighted by molar-refractivity contribution is 6.32. The van der Waals surface area contributed by atoms with Crippen LogP contribution in [0.25, 0.3) is 0 Å². The van der Waals surface area contributed by atoms with Gasteiger partial charge in [0.2, 0.25) is 5.91 Å². The molecule has 2 aliphatic rings. The molecule has 1 aliphatic heterocycles. The number of amides is 2. The van der Waals surface area contributed by atoms with Crippen LogP contribution in [0.1, 0.15) is 67.1 Å². The molecule has 9 nitrogen and oxygen atoms in total. The van der Waals surface area contributed by atoms with Crippen molar-refractivity contribution < 1.29 is 9.59 Å². The Bertz CT molecular complexity index is 1310. The van der Waals surface area contributed by atoms with Gasteiger partial charge in [-0.05, 0) is 42.0 Å². The third kappa shape index (κ3) is 5.59. The molecule has 1 aliphatic carbocycles. The molecule has 1 saturated heterocycles. The zero-order valence-corrected chi connectivity index (χ0v) is 23.3. The van der Waals surface area contributed by atoms with Crippen LogP contribution in [0.15, 0.2) is 36.9 Å². The molecule has 0 spiro atoms. The molecule has 0 radical (unpaired) electrons. The number of likely N-dealkylation sites (tertiary alicyclic amines) is 1. The smallest absolute Gasteiger partial charge is 0.271 e. The van der Waals surface area contributed by atoms with Crippen LogP contribution in [0.4, 0.5) is 5.69 Å². The maximum Gasteiger partial charge on any atom is 0.271 e. The number of allylic oxidation sites excluding steroid dienone is 2. The van der Waals surface area contributed by atoms with Gasteiger partial charge in [-0.2, -0.15) is 0 Å². The second kappa shape index (κ2) is 10.8. The maximum atomic E-state index is 13.3. The van der Waals surface area contributed by atoms with Crippen LogP contribution in [0, 0.1) is 5.41 Å². The lowest BCUT2D eigenvalue weighted by atomic mass is 9.85. The second-order valence-corrected chi connectivity index (χ2v) is 11.4. The van der Waals surface area contributed by atoms with Crippen LogP contribution in [0.2, 0.25) is 10.2 Å². The van der Waals surface area contributed by atoms with E-state index in [-0.39, 0.29) is 52.5 Å². The molecule has 38 heavy (non-hydrogen) atoms. The number of amidine groups is 1. The van der Waals surface area contributed by atoms with Crippen LogP contribution in [-0.4, -0.2) is 51.2 Å². The standard InChI is InChI=1S/C27H33Cl2N7O2/c1-5-22(37)35-13-15(14-35)33-26(38)23-24(29)34-21(36(23)16-8-6-7-9-16)12-32-25(31)17-10-18(27(2,3)4)19(28)11-20(17)30/h5-7,10-11,15-16H,1,8-9,12-14,30H2,2-4H3,(H2,31,32)(H,33,38). The summed E-state index contributed by atoms with van der Waals surface area (Å²) in [5.74, 6) is 0.150. The summed E-state index contributed by atoms with van der Waals surface area (Å²) < 4.78 is 1.86. The Balaban J connectivity index is 1.54. The summed E-state index contributed by atoms with van der Waals surface area (Å²) in [5, 5.41) is 15.4. The van der Waals surface area contributed by atoms with E-state index < -0.39 is 0 Å². The molecule has 0 bridgehead atoms. The number of nitrogens with two attached hydrogens (primary N) is 1. The van der Waals surface area contributed by atoms with E-state index in [1.807, 2.05) is 31.4 Å². The van der Waals surface area contributed by atoms with Crippen molar-refractivity contribution in [2.45, 2.75) is 57.7 Å². The fourth-order valence-electron chi connectivity index (χ4n) is 4.76. The Labute approximate surface area is 232 Å². The summed E-state index contributed by atoms with van der Waals surface area (Å²) in [4.78, 5) is 31.1. The van der Waals surface area contributed by atoms with Crippen LogP contribution in [0.3, 0.4) is 0 Å². The Hall–Kier alpha value is -3.30. The number of rotatable bonds is 7. The minimum atomic E-state index is -0.344. The van der Waals surface area contributed by atoms with Gasteiger partial charge < -0.3 is 25.8 Å². The fraction of sp³-hybridized carbons (Fsp3) is 0.407. The molecule has 202 valence electrons. The molecule has 0 saturated carbocycles. The molecule has 1 aromatic carbocycles. The van der Waals surface area contributed by atoms with Gasteiger partial charge in [0.1, 0.15) is 17.4 Å². The average Bonchev–Trinajstić information content (AvgIpc) is 3.45. The molecule has 11 heteroatoms. The number of anilines is 1. The van der Waals surface area contributed by atoms with Crippen molar-refractivity contribution in [3.05, 3.63) is 69.8 Å². The van der Waals surface area contributed by atoms with E-state index in [4.69, 9.17) is 34.3 Å². The Kier molecular flexibility index (Phi) is 7.90. The number of benzene rings is 1. The number of carbonyl (C=O) groups is 2. The number of hydrogen-bond donors (Lipinski definition) is 4. The first-order valence-electron chi connectivity index (χ1n) is 12.5. The monoisotopic (exact) mass is 557 g/mol. The minimum Gasteiger partial charge on any atom is -0.398 e. The molecule has 1 aromatic heterocycles. The minimum absolute atomic E-state index is 0.0185. The van der Waals surface area contributed by atoms with Crippen LogP contribution >= 0.6 is 23.2 Å². The summed E-state index contributed by atoms with van der Waals surface area (Å²) >= 11 is 12.9. The number of nitrogens with one attached hydrogen (secondary N) is 3. The van der Waals surface area contributed by atoms with Gasteiger partial charge >= 0.3 is 0 Å². The van der Waals surface area contributed by atoms with Gasteiger partial charge in [0.15, 0.2) is 5.15 Å². The summed E-state index contributed by atoms with van der Waals surface area (Å²) in [6.07, 6.45) is 6.86. The Morgan fingerprint density at radius 3 is 2.50 bits per heavy atom. The molecular weight excluding hydrogens is 525 g/mol. The van der Waals surface area contributed by atoms with Gasteiger partial charge in [-0.1, -0.05) is 62.7 Å². The number of nitrogens with zero attached hydrogens (tertiary/aromatic N) is 3. The molecule has 4 rings (SSSR count). The van der Waals surface area contributed by atoms with E-state index in [2.05, 4.69) is 34.3 Å². The first-order chi connectivity index (χ1) is 17.9. The van der Waals surface area contributed by atoms with Gasteiger partial charge in [0.05, 0.1) is 12.6 Å². The van der Waals surface area contributed by atoms with Crippen LogP contribution < -0.4 is 16.4 Å². The fourth-order valence-corrected chi connectivity index (χ4v) is 5.49. The molecular formula is C27H33Cl2N7O2. The predicted molar refractivity (Wildman–Crippen MR) is 151 cm³/mol. The van der Waals surface area contributed by atoms with Crippen molar-refractivity contribution >= 4 is 46.5 Å². The lowest BCUT2D eigenvalue weighted by molar-refractivity contribution is -0.130. The number of carbonyl (C=O) groups excluding carboxylic acids is 2. The van der Waals surface area contributed by atoms with E-state index in [1.54, 1.807) is 11.0 Å². The summed E-state index contributed by atoms with van der Waals surface area (Å²) in [5.41, 5.74) is 8.07. The molecule has 2 amide bonds. The molecule has 2 aromatic rings. The van der Waals surface area contributed by atoms with E-state index in [0.29, 0.717) is 35.2 Å². The van der Waals surface area contributed by atoms with Gasteiger partial charge in [-0.15, -0.1) is 0 Å². The Morgan fingerprint density at radius 1 is 1.24 bits per heavy atom. The first kappa shape index (κ1) is 27.7. The predicted octanol–water partition coefficient (Wildman–Crippen LogP) is 4.20. The molecule has 1 fully saturated rings. The first-order valence-corrected chi connectivity index (χ1v) is 13.2. The highest BCUT2D eigenvalue weighted by atomic mass is 35.5. The lowest BCUT2D eigenvalue weighted by Crippen LogP contribution is -2.60. The number of nitrogen functional groups attached to an aromatic ring is 1. The largest absolute Gasteiger partial charge is 0.398 e. The van der Waals surface area contributed by atoms with Crippen molar-refractivity contribution in [3.8, 4) is 0 Å². The average molecular weight is 559 g/mol. The van der Waals surface area contributed by atoms with Crippen molar-refractivity contribution in [2.24, 2.45) is 0 Å². The highest BCUT2D eigenvalue weighted by Gasteiger charge is 2.34. The normalized spacial score (nSPS) is 15.9. The lowest BCUT2D eigenvalue weighted by Gasteiger charge is -2.39. The van der Waals surface area contributed by atoms with Crippen molar-refractivity contribution in [2.75, 3.05) is 18.8 Å². The molecule has 5 N–H and O–H groups in total. The van der Waals surface area contributed by atoms with E-state index in [0.717, 1.165) is 18.4 Å². The third-order valence-electron chi connectivity index (χ3n) is 6.85. The number of aromatic nitrogens is 2. The third-order valence-corrected chi connectivity index (χ3v) is 7.42. The van der Waals surface area contributed by atoms with Gasteiger partial charge in [-0.25, -0.2) is 4.98 Å². The second-order valence-electron chi connectivity index (χ2n) is 10.6. The highest BCUT2D eigenvalue weighted by Crippen LogP contribution is 2.33. The number of hydrogen-bond acceptors (Lipinski definition) is 5. The number of halogens is 2. The summed E-state index contributed by atoms with van der Waals surface area (Å²) in [6, 6.07) is 3.32. The zero-order chi connectivity index (χ0) is 27.8. The van der Waals surface area contributed by atoms with Gasteiger partial charge in [-0.3, -0.25) is 15.0 Å². The van der Waals surface area contributed by atoms with E-state index in [1.165, 1.54) is 6.08 Å². The van der Waals surface area contributed by atoms with Crippen molar-refractivity contribution in [1.82, 2.24) is 25.1 Å². The maximum absolute atomic E-state index is 13.3. The van der Waals surface area contributed by atoms with Gasteiger partial charge in [0, 0.05) is 35.4 Å². The summed E-state index contributed by atoms with van der Waals surface area (Å²) in [6.45, 7) is 10.6. The molecule has 0 unspecified atom stereocenters. The zero-order valence-electron chi connectivity index (χ0n) is 21.8. The topological polar surface area (TPSA) is 129 Å². The van der Waals surface area contributed by atoms with Gasteiger partial charge in [0.25, 0.3) is 5.91 Å². The summed E-state index contributed by atoms with van der Waals surface area (Å²) in [7, 11) is 0. The molecule has 0 atom stereocenters. The SMILES string of the molecule is C=CC(=O)N1CC(NC(=O)c2c(Cl)nc(CNC(=N)c3cc(C(C)(C)C)c(Cl)cc3N)n2C2CC=CC2)C1. The quantitative estimate of drug-likeness (QED) is 0.133. The van der Waals surface area contributed by atoms with E-state index >= 15 is 0 Å². The van der Waals surface area contributed by atoms with Crippen molar-refractivity contribution in [1.29, 1.82) is 5.41 Å². The number of imidazole rings is 1. The van der Waals surface area contributed by atoms with Crippen LogP contribution in [-0.2, 0) is 16.8 Å². The Morgan fingerprint density at radius 2 is 1.89 bits per heavy atom.